The molecule has 0 saturated heterocycles. The molecule has 0 unspecified atom stereocenters. The molecule has 2 aromatic heterocycles. The first kappa shape index (κ1) is 25.3. The number of pyridine rings is 1. The minimum Gasteiger partial charge on any atom is -0.455 e. The fourth-order valence-electron chi connectivity index (χ4n) is 3.76. The summed E-state index contributed by atoms with van der Waals surface area (Å²) in [4.78, 5) is 14.0. The third-order valence-electron chi connectivity index (χ3n) is 5.61. The first-order chi connectivity index (χ1) is 17.0. The van der Waals surface area contributed by atoms with Gasteiger partial charge >= 0.3 is 6.18 Å². The second-order valence-electron chi connectivity index (χ2n) is 7.90. The minimum absolute atomic E-state index is 0.0918. The molecule has 4 rings (SSSR count). The van der Waals surface area contributed by atoms with Gasteiger partial charge in [0.2, 0.25) is 0 Å². The third-order valence-corrected chi connectivity index (χ3v) is 6.49. The second-order valence-corrected chi connectivity index (χ2v) is 8.75. The number of hydrogen-bond acceptors (Lipinski definition) is 4. The van der Waals surface area contributed by atoms with Crippen molar-refractivity contribution in [1.29, 1.82) is 5.26 Å². The highest BCUT2D eigenvalue weighted by Gasteiger charge is 2.37. The number of thioether (sulfide) groups is 1. The van der Waals surface area contributed by atoms with Crippen LogP contribution in [-0.2, 0) is 12.7 Å². The minimum atomic E-state index is -5.00. The number of nitriles is 1. The molecule has 0 bridgehead atoms. The molecule has 0 aliphatic heterocycles. The van der Waals surface area contributed by atoms with Gasteiger partial charge in [-0.1, -0.05) is 18.2 Å². The molecule has 184 valence electrons. The fraction of sp³-hybridized carbons (Fsp3) is 0.154. The Morgan fingerprint density at radius 2 is 1.75 bits per heavy atom. The Morgan fingerprint density at radius 3 is 2.39 bits per heavy atom. The quantitative estimate of drug-likeness (QED) is 0.211. The average Bonchev–Trinajstić information content (AvgIpc) is 3.31. The van der Waals surface area contributed by atoms with Crippen molar-refractivity contribution in [1.82, 2.24) is 4.57 Å². The number of alkyl halides is 3. The number of aromatic nitrogens is 1. The van der Waals surface area contributed by atoms with Crippen molar-refractivity contribution in [2.24, 2.45) is 0 Å². The molecule has 4 nitrogen and oxygen atoms in total. The lowest BCUT2D eigenvalue weighted by Crippen LogP contribution is -2.29. The predicted octanol–water partition coefficient (Wildman–Crippen LogP) is 7.02. The summed E-state index contributed by atoms with van der Waals surface area (Å²) in [6.45, 7) is 1.39. The van der Waals surface area contributed by atoms with Gasteiger partial charge in [0.15, 0.2) is 5.76 Å². The Labute approximate surface area is 206 Å². The lowest BCUT2D eigenvalue weighted by molar-refractivity contribution is -0.137. The van der Waals surface area contributed by atoms with Gasteiger partial charge in [-0.2, -0.15) is 18.4 Å². The van der Waals surface area contributed by atoms with Gasteiger partial charge in [0.1, 0.15) is 29.0 Å². The molecule has 0 amide bonds. The van der Waals surface area contributed by atoms with Crippen molar-refractivity contribution in [3.05, 3.63) is 98.8 Å². The van der Waals surface area contributed by atoms with Crippen LogP contribution in [0.25, 0.3) is 22.8 Å². The van der Waals surface area contributed by atoms with E-state index in [0.29, 0.717) is 23.5 Å². The summed E-state index contributed by atoms with van der Waals surface area (Å²) in [5.41, 5.74) is -2.60. The van der Waals surface area contributed by atoms with E-state index in [1.54, 1.807) is 12.1 Å². The smallest absolute Gasteiger partial charge is 0.417 e. The van der Waals surface area contributed by atoms with Crippen molar-refractivity contribution < 1.29 is 26.4 Å². The molecule has 0 N–H and O–H groups in total. The van der Waals surface area contributed by atoms with E-state index in [-0.39, 0.29) is 17.0 Å². The molecule has 2 heterocycles. The Balaban J connectivity index is 1.92. The van der Waals surface area contributed by atoms with Gasteiger partial charge in [-0.25, -0.2) is 8.78 Å². The van der Waals surface area contributed by atoms with Crippen LogP contribution >= 0.6 is 11.8 Å². The summed E-state index contributed by atoms with van der Waals surface area (Å²) in [6.07, 6.45) is -3.10. The molecule has 0 spiro atoms. The Kier molecular flexibility index (Phi) is 6.78. The van der Waals surface area contributed by atoms with E-state index in [2.05, 4.69) is 0 Å². The largest absolute Gasteiger partial charge is 0.455 e. The van der Waals surface area contributed by atoms with Gasteiger partial charge in [0.05, 0.1) is 17.8 Å². The highest BCUT2D eigenvalue weighted by molar-refractivity contribution is 7.98. The lowest BCUT2D eigenvalue weighted by atomic mass is 10.1. The molecule has 2 aromatic carbocycles. The maximum Gasteiger partial charge on any atom is 0.417 e. The van der Waals surface area contributed by atoms with Crippen LogP contribution < -0.4 is 5.56 Å². The monoisotopic (exact) mass is 516 g/mol. The van der Waals surface area contributed by atoms with E-state index < -0.39 is 41.0 Å². The number of aryl methyl sites for hydroxylation is 1. The number of halogens is 5. The van der Waals surface area contributed by atoms with Gasteiger partial charge in [-0.3, -0.25) is 9.36 Å². The van der Waals surface area contributed by atoms with Crippen molar-refractivity contribution in [2.45, 2.75) is 24.5 Å². The molecular weight excluding hydrogens is 499 g/mol. The van der Waals surface area contributed by atoms with Gasteiger partial charge in [0.25, 0.3) is 5.56 Å². The fourth-order valence-corrected chi connectivity index (χ4v) is 4.40. The Bertz CT molecular complexity index is 1560. The summed E-state index contributed by atoms with van der Waals surface area (Å²) < 4.78 is 75.6. The standard InChI is InChI=1S/C26H17F5N2O2S/c1-14-3-4-15(9-24(14)36-2)22-7-8-23(35-22)21-11-19(26(29,30)31)18(12-32)25(34)33(21)13-16-5-6-17(27)10-20(16)28/h3-11H,13H2,1-2H3. The number of furan rings is 1. The number of rotatable bonds is 5. The van der Waals surface area contributed by atoms with Crippen LogP contribution in [0.1, 0.15) is 22.3 Å². The zero-order valence-electron chi connectivity index (χ0n) is 18.9. The number of benzene rings is 2. The maximum atomic E-state index is 14.4. The summed E-state index contributed by atoms with van der Waals surface area (Å²) in [5, 5.41) is 9.32. The van der Waals surface area contributed by atoms with E-state index in [0.717, 1.165) is 27.2 Å². The van der Waals surface area contributed by atoms with Crippen LogP contribution in [-0.4, -0.2) is 10.8 Å². The molecule has 4 aromatic rings. The SMILES string of the molecule is CSc1cc(-c2ccc(-c3cc(C(F)(F)F)c(C#N)c(=O)n3Cc3ccc(F)cc3F)o2)ccc1C. The summed E-state index contributed by atoms with van der Waals surface area (Å²) in [6, 6.07) is 13.0. The zero-order chi connectivity index (χ0) is 26.2. The summed E-state index contributed by atoms with van der Waals surface area (Å²) in [7, 11) is 0. The highest BCUT2D eigenvalue weighted by Crippen LogP contribution is 2.36. The zero-order valence-corrected chi connectivity index (χ0v) is 19.7. The first-order valence-electron chi connectivity index (χ1n) is 10.5. The summed E-state index contributed by atoms with van der Waals surface area (Å²) in [5.74, 6) is -1.60. The molecule has 36 heavy (non-hydrogen) atoms. The van der Waals surface area contributed by atoms with E-state index in [1.807, 2.05) is 25.3 Å². The number of hydrogen-bond donors (Lipinski definition) is 0. The highest BCUT2D eigenvalue weighted by atomic mass is 32.2. The molecule has 0 atom stereocenters. The molecule has 10 heteroatoms. The van der Waals surface area contributed by atoms with Crippen molar-refractivity contribution >= 4 is 11.8 Å². The molecule has 0 saturated carbocycles. The average molecular weight is 516 g/mol. The van der Waals surface area contributed by atoms with Crippen molar-refractivity contribution in [2.75, 3.05) is 6.26 Å². The number of nitrogens with zero attached hydrogens (tertiary/aromatic N) is 2. The van der Waals surface area contributed by atoms with Crippen LogP contribution in [0.5, 0.6) is 0 Å². The van der Waals surface area contributed by atoms with E-state index in [9.17, 15) is 32.0 Å². The molecular formula is C26H17F5N2O2S. The predicted molar refractivity (Wildman–Crippen MR) is 126 cm³/mol. The van der Waals surface area contributed by atoms with Gasteiger partial charge in [-0.05, 0) is 49.1 Å². The van der Waals surface area contributed by atoms with Gasteiger partial charge < -0.3 is 4.42 Å². The lowest BCUT2D eigenvalue weighted by Gasteiger charge is -2.16. The van der Waals surface area contributed by atoms with Gasteiger partial charge in [0, 0.05) is 22.1 Å². The van der Waals surface area contributed by atoms with Crippen molar-refractivity contribution in [3.63, 3.8) is 0 Å². The van der Waals surface area contributed by atoms with Crippen LogP contribution in [0.4, 0.5) is 22.0 Å². The van der Waals surface area contributed by atoms with Crippen LogP contribution in [0.2, 0.25) is 0 Å². The maximum absolute atomic E-state index is 14.4. The molecule has 0 radical (unpaired) electrons. The normalized spacial score (nSPS) is 11.5. The Hall–Kier alpha value is -3.84. The topological polar surface area (TPSA) is 58.9 Å². The molecule has 0 aliphatic carbocycles. The van der Waals surface area contributed by atoms with Gasteiger partial charge in [-0.15, -0.1) is 11.8 Å². The third kappa shape index (κ3) is 4.79. The second kappa shape index (κ2) is 9.66. The van der Waals surface area contributed by atoms with Crippen LogP contribution in [0, 0.1) is 29.9 Å². The van der Waals surface area contributed by atoms with Crippen molar-refractivity contribution in [3.8, 4) is 28.8 Å². The first-order valence-corrected chi connectivity index (χ1v) is 11.7. The van der Waals surface area contributed by atoms with E-state index in [4.69, 9.17) is 4.42 Å². The molecule has 0 aliphatic rings. The van der Waals surface area contributed by atoms with Crippen LogP contribution in [0.15, 0.2) is 68.7 Å². The molecule has 0 fully saturated rings. The van der Waals surface area contributed by atoms with E-state index in [1.165, 1.54) is 23.9 Å². The van der Waals surface area contributed by atoms with Crippen LogP contribution in [0.3, 0.4) is 0 Å². The van der Waals surface area contributed by atoms with E-state index >= 15 is 0 Å². The summed E-state index contributed by atoms with van der Waals surface area (Å²) >= 11 is 1.52. The Morgan fingerprint density at radius 1 is 1.03 bits per heavy atom.